The van der Waals surface area contributed by atoms with Crippen LogP contribution in [0, 0.1) is 0 Å². The van der Waals surface area contributed by atoms with Gasteiger partial charge in [-0.3, -0.25) is 9.00 Å². The Morgan fingerprint density at radius 1 is 1.21 bits per heavy atom. The SMILES string of the molecule is COc1cc2cc(C(=O)CS(C)=O)sc2cc1OC. The van der Waals surface area contributed by atoms with Gasteiger partial charge in [0.2, 0.25) is 0 Å². The molecule has 102 valence electrons. The zero-order chi connectivity index (χ0) is 14.0. The van der Waals surface area contributed by atoms with Crippen molar-refractivity contribution in [3.63, 3.8) is 0 Å². The van der Waals surface area contributed by atoms with Gasteiger partial charge in [-0.25, -0.2) is 0 Å². The van der Waals surface area contributed by atoms with Gasteiger partial charge in [-0.05, 0) is 17.5 Å². The van der Waals surface area contributed by atoms with Gasteiger partial charge in [-0.2, -0.15) is 0 Å². The van der Waals surface area contributed by atoms with Gasteiger partial charge in [0.1, 0.15) is 0 Å². The molecule has 2 rings (SSSR count). The fourth-order valence-electron chi connectivity index (χ4n) is 1.76. The standard InChI is InChI=1S/C13H14O4S2/c1-16-10-4-8-5-13(9(14)7-19(3)15)18-12(8)6-11(10)17-2/h4-6H,7H2,1-3H3. The van der Waals surface area contributed by atoms with E-state index >= 15 is 0 Å². The van der Waals surface area contributed by atoms with E-state index in [1.807, 2.05) is 12.1 Å². The van der Waals surface area contributed by atoms with E-state index in [2.05, 4.69) is 0 Å². The number of ketones is 1. The Balaban J connectivity index is 2.45. The summed E-state index contributed by atoms with van der Waals surface area (Å²) in [5.41, 5.74) is 0. The van der Waals surface area contributed by atoms with Gasteiger partial charge >= 0.3 is 0 Å². The minimum atomic E-state index is -1.12. The third-order valence-corrected chi connectivity index (χ3v) is 4.44. The molecule has 0 aliphatic carbocycles. The molecule has 0 radical (unpaired) electrons. The Labute approximate surface area is 117 Å². The lowest BCUT2D eigenvalue weighted by Gasteiger charge is -2.06. The highest BCUT2D eigenvalue weighted by atomic mass is 32.2. The molecule has 1 aromatic heterocycles. The molecule has 0 N–H and O–H groups in total. The fraction of sp³-hybridized carbons (Fsp3) is 0.308. The Kier molecular flexibility index (Phi) is 4.21. The summed E-state index contributed by atoms with van der Waals surface area (Å²) < 4.78 is 22.5. The molecule has 2 aromatic rings. The molecule has 1 aromatic carbocycles. The largest absolute Gasteiger partial charge is 0.493 e. The van der Waals surface area contributed by atoms with E-state index in [4.69, 9.17) is 9.47 Å². The second-order valence-electron chi connectivity index (χ2n) is 4.00. The molecule has 0 spiro atoms. The molecule has 0 bridgehead atoms. The molecule has 1 unspecified atom stereocenters. The van der Waals surface area contributed by atoms with Crippen molar-refractivity contribution < 1.29 is 18.5 Å². The molecule has 19 heavy (non-hydrogen) atoms. The quantitative estimate of drug-likeness (QED) is 0.796. The summed E-state index contributed by atoms with van der Waals surface area (Å²) in [4.78, 5) is 12.5. The van der Waals surface area contributed by atoms with E-state index in [1.54, 1.807) is 20.3 Å². The van der Waals surface area contributed by atoms with E-state index in [9.17, 15) is 9.00 Å². The third-order valence-electron chi connectivity index (χ3n) is 2.63. The normalized spacial score (nSPS) is 12.4. The van der Waals surface area contributed by atoms with Crippen LogP contribution < -0.4 is 9.47 Å². The number of rotatable bonds is 5. The van der Waals surface area contributed by atoms with Crippen LogP contribution in [0.4, 0.5) is 0 Å². The lowest BCUT2D eigenvalue weighted by molar-refractivity contribution is 0.102. The first-order valence-corrected chi connectivity index (χ1v) is 8.08. The van der Waals surface area contributed by atoms with E-state index < -0.39 is 10.8 Å². The predicted octanol–water partition coefficient (Wildman–Crippen LogP) is 2.48. The lowest BCUT2D eigenvalue weighted by Crippen LogP contribution is -2.07. The van der Waals surface area contributed by atoms with Crippen LogP contribution in [-0.2, 0) is 10.8 Å². The third kappa shape index (κ3) is 2.96. The second-order valence-corrected chi connectivity index (χ2v) is 6.52. The van der Waals surface area contributed by atoms with Crippen molar-refractivity contribution in [2.24, 2.45) is 0 Å². The first kappa shape index (κ1) is 14.0. The van der Waals surface area contributed by atoms with Crippen molar-refractivity contribution >= 4 is 38.0 Å². The molecule has 0 aliphatic heterocycles. The minimum absolute atomic E-state index is 0.0566. The average molecular weight is 298 g/mol. The monoisotopic (exact) mass is 298 g/mol. The minimum Gasteiger partial charge on any atom is -0.493 e. The number of methoxy groups -OCH3 is 2. The molecular weight excluding hydrogens is 284 g/mol. The van der Waals surface area contributed by atoms with E-state index in [0.717, 1.165) is 10.1 Å². The van der Waals surface area contributed by atoms with Crippen LogP contribution >= 0.6 is 11.3 Å². The molecule has 0 fully saturated rings. The number of benzene rings is 1. The molecule has 0 amide bonds. The van der Waals surface area contributed by atoms with E-state index in [0.29, 0.717) is 16.4 Å². The highest BCUT2D eigenvalue weighted by molar-refractivity contribution is 7.85. The smallest absolute Gasteiger partial charge is 0.185 e. The van der Waals surface area contributed by atoms with Crippen molar-refractivity contribution in [3.05, 3.63) is 23.1 Å². The summed E-state index contributed by atoms with van der Waals surface area (Å²) in [7, 11) is 2.02. The fourth-order valence-corrected chi connectivity index (χ4v) is 3.39. The lowest BCUT2D eigenvalue weighted by atomic mass is 10.2. The zero-order valence-electron chi connectivity index (χ0n) is 10.9. The highest BCUT2D eigenvalue weighted by Gasteiger charge is 2.14. The summed E-state index contributed by atoms with van der Waals surface area (Å²) in [6.07, 6.45) is 1.53. The molecule has 6 heteroatoms. The second kappa shape index (κ2) is 5.71. The molecule has 0 aliphatic rings. The Bertz CT molecular complexity index is 604. The number of hydrogen-bond acceptors (Lipinski definition) is 5. The van der Waals surface area contributed by atoms with Crippen LogP contribution in [0.3, 0.4) is 0 Å². The Morgan fingerprint density at radius 3 is 2.42 bits per heavy atom. The number of carbonyl (C=O) groups is 1. The number of fused-ring (bicyclic) bond motifs is 1. The number of hydrogen-bond donors (Lipinski definition) is 0. The van der Waals surface area contributed by atoms with E-state index in [1.165, 1.54) is 17.6 Å². The maximum absolute atomic E-state index is 11.9. The van der Waals surface area contributed by atoms with Gasteiger partial charge in [-0.15, -0.1) is 11.3 Å². The van der Waals surface area contributed by atoms with Crippen molar-refractivity contribution in [3.8, 4) is 11.5 Å². The topological polar surface area (TPSA) is 52.6 Å². The first-order chi connectivity index (χ1) is 9.05. The predicted molar refractivity (Wildman–Crippen MR) is 78.2 cm³/mol. The Hall–Kier alpha value is -1.40. The van der Waals surface area contributed by atoms with Crippen molar-refractivity contribution in [1.29, 1.82) is 0 Å². The summed E-state index contributed by atoms with van der Waals surface area (Å²) in [5.74, 6) is 1.22. The van der Waals surface area contributed by atoms with Gasteiger partial charge in [-0.1, -0.05) is 0 Å². The van der Waals surface area contributed by atoms with Gasteiger partial charge in [0.15, 0.2) is 17.3 Å². The molecule has 1 heterocycles. The van der Waals surface area contributed by atoms with Crippen LogP contribution in [-0.4, -0.2) is 36.2 Å². The molecule has 4 nitrogen and oxygen atoms in total. The van der Waals surface area contributed by atoms with Crippen LogP contribution in [0.15, 0.2) is 18.2 Å². The number of carbonyl (C=O) groups excluding carboxylic acids is 1. The van der Waals surface area contributed by atoms with Crippen LogP contribution in [0.5, 0.6) is 11.5 Å². The maximum atomic E-state index is 11.9. The van der Waals surface area contributed by atoms with Crippen molar-refractivity contribution in [2.75, 3.05) is 26.2 Å². The Morgan fingerprint density at radius 2 is 1.84 bits per heavy atom. The van der Waals surface area contributed by atoms with Gasteiger partial charge in [0.05, 0.1) is 24.8 Å². The first-order valence-electron chi connectivity index (χ1n) is 5.54. The summed E-state index contributed by atoms with van der Waals surface area (Å²) in [6, 6.07) is 5.49. The molecule has 0 saturated carbocycles. The van der Waals surface area contributed by atoms with Gasteiger partial charge in [0, 0.05) is 27.8 Å². The van der Waals surface area contributed by atoms with Crippen molar-refractivity contribution in [2.45, 2.75) is 0 Å². The molecule has 1 atom stereocenters. The number of thiophene rings is 1. The van der Waals surface area contributed by atoms with Gasteiger partial charge < -0.3 is 9.47 Å². The molecule has 0 saturated heterocycles. The van der Waals surface area contributed by atoms with E-state index in [-0.39, 0.29) is 11.5 Å². The van der Waals surface area contributed by atoms with Crippen LogP contribution in [0.1, 0.15) is 9.67 Å². The van der Waals surface area contributed by atoms with Crippen molar-refractivity contribution in [1.82, 2.24) is 0 Å². The van der Waals surface area contributed by atoms with Gasteiger partial charge in [0.25, 0.3) is 0 Å². The highest BCUT2D eigenvalue weighted by Crippen LogP contribution is 2.36. The number of ether oxygens (including phenoxy) is 2. The average Bonchev–Trinajstić information content (AvgIpc) is 2.78. The molecular formula is C13H14O4S2. The number of Topliss-reactive ketones (excluding diaryl/α,β-unsaturated/α-hetero) is 1. The van der Waals surface area contributed by atoms with Crippen LogP contribution in [0.25, 0.3) is 10.1 Å². The van der Waals surface area contributed by atoms with Crippen LogP contribution in [0.2, 0.25) is 0 Å². The summed E-state index contributed by atoms with van der Waals surface area (Å²) in [5, 5.41) is 0.924. The summed E-state index contributed by atoms with van der Waals surface area (Å²) in [6.45, 7) is 0. The summed E-state index contributed by atoms with van der Waals surface area (Å²) >= 11 is 1.38. The zero-order valence-corrected chi connectivity index (χ0v) is 12.5. The maximum Gasteiger partial charge on any atom is 0.185 e.